The number of amides is 1. The van der Waals surface area contributed by atoms with Crippen molar-refractivity contribution in [3.63, 3.8) is 0 Å². The van der Waals surface area contributed by atoms with Gasteiger partial charge < -0.3 is 10.6 Å². The van der Waals surface area contributed by atoms with Gasteiger partial charge in [-0.15, -0.1) is 0 Å². The maximum Gasteiger partial charge on any atom is 0.223 e. The first-order valence-corrected chi connectivity index (χ1v) is 6.83. The second-order valence-electron chi connectivity index (χ2n) is 5.18. The molecule has 0 aromatic heterocycles. The van der Waals surface area contributed by atoms with E-state index in [1.54, 1.807) is 0 Å². The number of nitrogens with one attached hydrogen (secondary N) is 2. The third-order valence-corrected chi connectivity index (χ3v) is 3.99. The summed E-state index contributed by atoms with van der Waals surface area (Å²) in [5.74, 6) is 2.15. The van der Waals surface area contributed by atoms with Crippen molar-refractivity contribution in [2.24, 2.45) is 17.8 Å². The molecule has 0 radical (unpaired) electrons. The van der Waals surface area contributed by atoms with Crippen LogP contribution in [0, 0.1) is 17.8 Å². The molecule has 0 aromatic carbocycles. The lowest BCUT2D eigenvalue weighted by Crippen LogP contribution is -2.33. The number of carbonyl (C=O) groups excluding carboxylic acids is 1. The van der Waals surface area contributed by atoms with Crippen molar-refractivity contribution in [3.05, 3.63) is 0 Å². The van der Waals surface area contributed by atoms with Crippen LogP contribution >= 0.6 is 0 Å². The highest BCUT2D eigenvalue weighted by molar-refractivity contribution is 5.82. The van der Waals surface area contributed by atoms with E-state index in [0.717, 1.165) is 37.9 Å². The Morgan fingerprint density at radius 1 is 1.12 bits per heavy atom. The summed E-state index contributed by atoms with van der Waals surface area (Å²) in [5.41, 5.74) is 0. The van der Waals surface area contributed by atoms with Gasteiger partial charge in [-0.25, -0.2) is 0 Å². The fourth-order valence-electron chi connectivity index (χ4n) is 3.07. The largest absolute Gasteiger partial charge is 0.355 e. The van der Waals surface area contributed by atoms with Crippen LogP contribution in [-0.4, -0.2) is 25.5 Å². The molecule has 3 nitrogen and oxygen atoms in total. The van der Waals surface area contributed by atoms with Crippen LogP contribution in [0.4, 0.5) is 0 Å². The highest BCUT2D eigenvalue weighted by Crippen LogP contribution is 2.55. The highest BCUT2D eigenvalue weighted by atomic mass is 16.2. The molecule has 2 aliphatic carbocycles. The minimum atomic E-state index is 0.315. The number of hydrogen-bond donors (Lipinski definition) is 2. The van der Waals surface area contributed by atoms with Crippen molar-refractivity contribution in [2.75, 3.05) is 19.6 Å². The third kappa shape index (κ3) is 2.76. The maximum absolute atomic E-state index is 11.9. The standard InChI is InChI=1S/C13H24N2O/c1-2-7-14-8-9-15-13(16)12-10-5-3-4-6-11(10)12/h10-12,14H,2-9H2,1H3,(H,15,16). The molecule has 2 atom stereocenters. The molecule has 2 rings (SSSR count). The minimum Gasteiger partial charge on any atom is -0.355 e. The van der Waals surface area contributed by atoms with E-state index in [9.17, 15) is 4.79 Å². The fourth-order valence-corrected chi connectivity index (χ4v) is 3.07. The lowest BCUT2D eigenvalue weighted by Gasteiger charge is -2.05. The Labute approximate surface area is 98.4 Å². The van der Waals surface area contributed by atoms with Crippen LogP contribution in [0.2, 0.25) is 0 Å². The van der Waals surface area contributed by atoms with Crippen LogP contribution in [-0.2, 0) is 4.79 Å². The normalized spacial score (nSPS) is 31.9. The van der Waals surface area contributed by atoms with E-state index in [1.807, 2.05) is 0 Å². The van der Waals surface area contributed by atoms with E-state index >= 15 is 0 Å². The van der Waals surface area contributed by atoms with E-state index in [0.29, 0.717) is 11.8 Å². The molecule has 2 unspecified atom stereocenters. The van der Waals surface area contributed by atoms with Crippen LogP contribution in [0.1, 0.15) is 39.0 Å². The van der Waals surface area contributed by atoms with Crippen LogP contribution in [0.5, 0.6) is 0 Å². The van der Waals surface area contributed by atoms with Gasteiger partial charge in [-0.1, -0.05) is 19.8 Å². The molecule has 92 valence electrons. The van der Waals surface area contributed by atoms with Gasteiger partial charge in [-0.3, -0.25) is 4.79 Å². The molecular formula is C13H24N2O. The second kappa shape index (κ2) is 5.67. The molecule has 16 heavy (non-hydrogen) atoms. The van der Waals surface area contributed by atoms with Gasteiger partial charge in [0.05, 0.1) is 0 Å². The average Bonchev–Trinajstić information content (AvgIpc) is 3.02. The molecule has 0 aromatic rings. The molecule has 0 saturated heterocycles. The van der Waals surface area contributed by atoms with Crippen molar-refractivity contribution < 1.29 is 4.79 Å². The van der Waals surface area contributed by atoms with Gasteiger partial charge in [-0.2, -0.15) is 0 Å². The first-order chi connectivity index (χ1) is 7.84. The lowest BCUT2D eigenvalue weighted by atomic mass is 10.0. The molecule has 2 aliphatic rings. The molecule has 0 spiro atoms. The van der Waals surface area contributed by atoms with E-state index in [1.165, 1.54) is 25.7 Å². The topological polar surface area (TPSA) is 41.1 Å². The predicted molar refractivity (Wildman–Crippen MR) is 65.1 cm³/mol. The molecular weight excluding hydrogens is 200 g/mol. The molecule has 2 fully saturated rings. The van der Waals surface area contributed by atoms with Gasteiger partial charge in [-0.05, 0) is 37.6 Å². The van der Waals surface area contributed by atoms with Crippen molar-refractivity contribution in [1.82, 2.24) is 10.6 Å². The number of rotatable bonds is 6. The lowest BCUT2D eigenvalue weighted by molar-refractivity contribution is -0.122. The Morgan fingerprint density at radius 3 is 2.44 bits per heavy atom. The zero-order chi connectivity index (χ0) is 11.4. The smallest absolute Gasteiger partial charge is 0.223 e. The Balaban J connectivity index is 1.58. The molecule has 1 amide bonds. The summed E-state index contributed by atoms with van der Waals surface area (Å²) in [6.07, 6.45) is 6.40. The van der Waals surface area contributed by atoms with Crippen LogP contribution in [0.15, 0.2) is 0 Å². The summed E-state index contributed by atoms with van der Waals surface area (Å²) in [6, 6.07) is 0. The second-order valence-corrected chi connectivity index (χ2v) is 5.18. The van der Waals surface area contributed by atoms with Crippen LogP contribution in [0.25, 0.3) is 0 Å². The van der Waals surface area contributed by atoms with Gasteiger partial charge in [0.2, 0.25) is 5.91 Å². The summed E-state index contributed by atoms with van der Waals surface area (Å²) >= 11 is 0. The average molecular weight is 224 g/mol. The monoisotopic (exact) mass is 224 g/mol. The van der Waals surface area contributed by atoms with E-state index in [4.69, 9.17) is 0 Å². The van der Waals surface area contributed by atoms with E-state index in [2.05, 4.69) is 17.6 Å². The Hall–Kier alpha value is -0.570. The Kier molecular flexibility index (Phi) is 4.22. The van der Waals surface area contributed by atoms with Crippen molar-refractivity contribution in [2.45, 2.75) is 39.0 Å². The predicted octanol–water partition coefficient (Wildman–Crippen LogP) is 1.54. The van der Waals surface area contributed by atoms with E-state index < -0.39 is 0 Å². The van der Waals surface area contributed by atoms with Gasteiger partial charge in [0.1, 0.15) is 0 Å². The zero-order valence-electron chi connectivity index (χ0n) is 10.3. The molecule has 2 saturated carbocycles. The van der Waals surface area contributed by atoms with Crippen LogP contribution < -0.4 is 10.6 Å². The van der Waals surface area contributed by atoms with Crippen molar-refractivity contribution in [3.8, 4) is 0 Å². The molecule has 2 N–H and O–H groups in total. The zero-order valence-corrected chi connectivity index (χ0v) is 10.3. The first kappa shape index (κ1) is 11.9. The summed E-state index contributed by atoms with van der Waals surface area (Å²) in [6.45, 7) is 4.89. The number of carbonyl (C=O) groups is 1. The third-order valence-electron chi connectivity index (χ3n) is 3.99. The SMILES string of the molecule is CCCNCCNC(=O)C1C2CCCCC21. The minimum absolute atomic E-state index is 0.315. The fraction of sp³-hybridized carbons (Fsp3) is 0.923. The first-order valence-electron chi connectivity index (χ1n) is 6.83. The molecule has 0 heterocycles. The Morgan fingerprint density at radius 2 is 1.81 bits per heavy atom. The highest BCUT2D eigenvalue weighted by Gasteiger charge is 2.54. The summed E-state index contributed by atoms with van der Waals surface area (Å²) in [7, 11) is 0. The van der Waals surface area contributed by atoms with Crippen molar-refractivity contribution >= 4 is 5.91 Å². The van der Waals surface area contributed by atoms with E-state index in [-0.39, 0.29) is 0 Å². The van der Waals surface area contributed by atoms with Gasteiger partial charge in [0.25, 0.3) is 0 Å². The van der Waals surface area contributed by atoms with Crippen LogP contribution in [0.3, 0.4) is 0 Å². The quantitative estimate of drug-likeness (QED) is 0.672. The molecule has 0 bridgehead atoms. The maximum atomic E-state index is 11.9. The summed E-state index contributed by atoms with van der Waals surface area (Å²) in [4.78, 5) is 11.9. The molecule has 3 heteroatoms. The molecule has 0 aliphatic heterocycles. The summed E-state index contributed by atoms with van der Waals surface area (Å²) in [5, 5.41) is 6.36. The number of hydrogen-bond acceptors (Lipinski definition) is 2. The van der Waals surface area contributed by atoms with Gasteiger partial charge in [0.15, 0.2) is 0 Å². The number of fused-ring (bicyclic) bond motifs is 1. The van der Waals surface area contributed by atoms with Gasteiger partial charge >= 0.3 is 0 Å². The van der Waals surface area contributed by atoms with Crippen molar-refractivity contribution in [1.29, 1.82) is 0 Å². The Bertz CT molecular complexity index is 230. The van der Waals surface area contributed by atoms with Gasteiger partial charge in [0, 0.05) is 19.0 Å². The summed E-state index contributed by atoms with van der Waals surface area (Å²) < 4.78 is 0.